The van der Waals surface area contributed by atoms with E-state index >= 15 is 0 Å². The third kappa shape index (κ3) is 2.11. The summed E-state index contributed by atoms with van der Waals surface area (Å²) in [7, 11) is 0. The number of halogens is 1. The number of allylic oxidation sites excluding steroid dienone is 1. The zero-order valence-corrected chi connectivity index (χ0v) is 10.4. The van der Waals surface area contributed by atoms with E-state index in [1.165, 1.54) is 5.57 Å². The van der Waals surface area contributed by atoms with Crippen molar-refractivity contribution < 1.29 is 14.6 Å². The summed E-state index contributed by atoms with van der Waals surface area (Å²) in [6.45, 7) is 2.55. The molecule has 3 nitrogen and oxygen atoms in total. The van der Waals surface area contributed by atoms with Gasteiger partial charge in [0.05, 0.1) is 10.0 Å². The first-order valence-electron chi connectivity index (χ1n) is 4.92. The molecule has 1 heterocycles. The van der Waals surface area contributed by atoms with E-state index in [0.717, 1.165) is 17.7 Å². The molecule has 0 radical (unpaired) electrons. The maximum Gasteiger partial charge on any atom is 0.335 e. The number of hydrogen-bond acceptors (Lipinski definition) is 2. The lowest BCUT2D eigenvalue weighted by atomic mass is 10.0. The minimum absolute atomic E-state index is 0.281. The summed E-state index contributed by atoms with van der Waals surface area (Å²) in [6.07, 6.45) is 2.74. The van der Waals surface area contributed by atoms with E-state index in [0.29, 0.717) is 11.1 Å². The van der Waals surface area contributed by atoms with Gasteiger partial charge in [0, 0.05) is 5.56 Å². The molecule has 0 fully saturated rings. The van der Waals surface area contributed by atoms with Crippen molar-refractivity contribution in [1.82, 2.24) is 0 Å². The van der Waals surface area contributed by atoms with Crippen molar-refractivity contribution in [3.8, 4) is 5.75 Å². The van der Waals surface area contributed by atoms with Gasteiger partial charge in [-0.1, -0.05) is 5.57 Å². The predicted molar refractivity (Wildman–Crippen MR) is 64.1 cm³/mol. The van der Waals surface area contributed by atoms with Crippen LogP contribution in [0.3, 0.4) is 0 Å². The highest BCUT2D eigenvalue weighted by atomic mass is 79.9. The Hall–Kier alpha value is -1.29. The number of carboxylic acids is 1. The summed E-state index contributed by atoms with van der Waals surface area (Å²) in [5.74, 6) is -0.174. The first-order valence-corrected chi connectivity index (χ1v) is 5.71. The van der Waals surface area contributed by atoms with Crippen LogP contribution in [0.1, 0.15) is 22.8 Å². The number of fused-ring (bicyclic) bond motifs is 1. The fourth-order valence-electron chi connectivity index (χ4n) is 1.71. The highest BCUT2D eigenvalue weighted by Gasteiger charge is 2.16. The summed E-state index contributed by atoms with van der Waals surface area (Å²) in [4.78, 5) is 10.9. The standard InChI is InChI=1S/C12H11BrO3/c1-7-2-3-16-11-8(4-7)5-9(12(14)15)6-10(11)13/h2,5-6H,3-4H2,1H3,(H,14,15). The SMILES string of the molecule is CC1=CCOc2c(Br)cc(C(=O)O)cc2C1. The molecular weight excluding hydrogens is 272 g/mol. The normalized spacial score (nSPS) is 14.5. The van der Waals surface area contributed by atoms with Gasteiger partial charge in [-0.15, -0.1) is 0 Å². The van der Waals surface area contributed by atoms with Gasteiger partial charge in [-0.05, 0) is 47.5 Å². The van der Waals surface area contributed by atoms with Crippen LogP contribution >= 0.6 is 15.9 Å². The second-order valence-corrected chi connectivity index (χ2v) is 4.64. The van der Waals surface area contributed by atoms with Gasteiger partial charge < -0.3 is 9.84 Å². The number of carbonyl (C=O) groups is 1. The number of benzene rings is 1. The number of carboxylic acid groups (broad SMARTS) is 1. The molecule has 1 N–H and O–H groups in total. The molecule has 4 heteroatoms. The van der Waals surface area contributed by atoms with E-state index in [-0.39, 0.29) is 5.56 Å². The van der Waals surface area contributed by atoms with Crippen molar-refractivity contribution in [2.24, 2.45) is 0 Å². The molecule has 0 aliphatic carbocycles. The van der Waals surface area contributed by atoms with Crippen LogP contribution < -0.4 is 4.74 Å². The monoisotopic (exact) mass is 282 g/mol. The number of hydrogen-bond donors (Lipinski definition) is 1. The average Bonchev–Trinajstić information content (AvgIpc) is 2.38. The first-order chi connectivity index (χ1) is 7.58. The highest BCUT2D eigenvalue weighted by Crippen LogP contribution is 2.33. The van der Waals surface area contributed by atoms with Crippen molar-refractivity contribution >= 4 is 21.9 Å². The maximum absolute atomic E-state index is 10.9. The second-order valence-electron chi connectivity index (χ2n) is 3.79. The third-order valence-corrected chi connectivity index (χ3v) is 3.09. The topological polar surface area (TPSA) is 46.5 Å². The zero-order chi connectivity index (χ0) is 11.7. The Kier molecular flexibility index (Phi) is 3.01. The van der Waals surface area contributed by atoms with Gasteiger partial charge in [0.25, 0.3) is 0 Å². The van der Waals surface area contributed by atoms with Crippen LogP contribution in [0, 0.1) is 0 Å². The number of aromatic carboxylic acids is 1. The minimum atomic E-state index is -0.922. The van der Waals surface area contributed by atoms with Gasteiger partial charge in [-0.25, -0.2) is 4.79 Å². The van der Waals surface area contributed by atoms with Crippen molar-refractivity contribution in [3.05, 3.63) is 39.4 Å². The maximum atomic E-state index is 10.9. The van der Waals surface area contributed by atoms with Gasteiger partial charge in [-0.2, -0.15) is 0 Å². The van der Waals surface area contributed by atoms with Gasteiger partial charge in [0.1, 0.15) is 12.4 Å². The van der Waals surface area contributed by atoms with Crippen LogP contribution in [0.15, 0.2) is 28.3 Å². The lowest BCUT2D eigenvalue weighted by Crippen LogP contribution is -2.01. The molecule has 84 valence electrons. The van der Waals surface area contributed by atoms with E-state index in [9.17, 15) is 4.79 Å². The molecule has 0 saturated carbocycles. The van der Waals surface area contributed by atoms with Crippen molar-refractivity contribution in [3.63, 3.8) is 0 Å². The first kappa shape index (κ1) is 11.2. The number of rotatable bonds is 1. The second kappa shape index (κ2) is 4.29. The average molecular weight is 283 g/mol. The van der Waals surface area contributed by atoms with E-state index in [1.807, 2.05) is 13.0 Å². The molecule has 1 aliphatic heterocycles. The van der Waals surface area contributed by atoms with Crippen LogP contribution in [0.4, 0.5) is 0 Å². The van der Waals surface area contributed by atoms with E-state index < -0.39 is 5.97 Å². The molecule has 1 aromatic rings. The molecule has 0 amide bonds. The van der Waals surface area contributed by atoms with Gasteiger partial charge in [0.2, 0.25) is 0 Å². The van der Waals surface area contributed by atoms with Crippen LogP contribution in [0.5, 0.6) is 5.75 Å². The van der Waals surface area contributed by atoms with Crippen LogP contribution in [-0.2, 0) is 6.42 Å². The van der Waals surface area contributed by atoms with E-state index in [1.54, 1.807) is 12.1 Å². The lowest BCUT2D eigenvalue weighted by molar-refractivity contribution is 0.0696. The Morgan fingerprint density at radius 2 is 2.25 bits per heavy atom. The summed E-state index contributed by atoms with van der Waals surface area (Å²) in [5.41, 5.74) is 2.38. The van der Waals surface area contributed by atoms with Gasteiger partial charge >= 0.3 is 5.97 Å². The molecule has 1 aliphatic rings. The molecule has 0 spiro atoms. The summed E-state index contributed by atoms with van der Waals surface area (Å²) in [6, 6.07) is 3.24. The Morgan fingerprint density at radius 1 is 1.50 bits per heavy atom. The van der Waals surface area contributed by atoms with Crippen LogP contribution in [0.25, 0.3) is 0 Å². The molecule has 1 aromatic carbocycles. The third-order valence-electron chi connectivity index (χ3n) is 2.50. The Labute approximate surface area is 102 Å². The molecule has 0 aromatic heterocycles. The number of ether oxygens (including phenoxy) is 1. The molecular formula is C12H11BrO3. The quantitative estimate of drug-likeness (QED) is 0.806. The molecule has 2 rings (SSSR count). The van der Waals surface area contributed by atoms with Crippen LogP contribution in [0.2, 0.25) is 0 Å². The molecule has 0 saturated heterocycles. The molecule has 0 atom stereocenters. The summed E-state index contributed by atoms with van der Waals surface area (Å²) in [5, 5.41) is 8.97. The summed E-state index contributed by atoms with van der Waals surface area (Å²) >= 11 is 3.34. The molecule has 0 bridgehead atoms. The van der Waals surface area contributed by atoms with Crippen molar-refractivity contribution in [1.29, 1.82) is 0 Å². The van der Waals surface area contributed by atoms with Crippen LogP contribution in [-0.4, -0.2) is 17.7 Å². The van der Waals surface area contributed by atoms with E-state index in [4.69, 9.17) is 9.84 Å². The largest absolute Gasteiger partial charge is 0.488 e. The summed E-state index contributed by atoms with van der Waals surface area (Å²) < 4.78 is 6.27. The molecule has 16 heavy (non-hydrogen) atoms. The van der Waals surface area contributed by atoms with Gasteiger partial charge in [-0.3, -0.25) is 0 Å². The van der Waals surface area contributed by atoms with Gasteiger partial charge in [0.15, 0.2) is 0 Å². The Balaban J connectivity index is 2.52. The zero-order valence-electron chi connectivity index (χ0n) is 8.79. The minimum Gasteiger partial charge on any atom is -0.488 e. The van der Waals surface area contributed by atoms with E-state index in [2.05, 4.69) is 15.9 Å². The lowest BCUT2D eigenvalue weighted by Gasteiger charge is -2.10. The van der Waals surface area contributed by atoms with Crippen molar-refractivity contribution in [2.75, 3.05) is 6.61 Å². The Morgan fingerprint density at radius 3 is 2.94 bits per heavy atom. The molecule has 0 unspecified atom stereocenters. The predicted octanol–water partition coefficient (Wildman–Crippen LogP) is 3.03. The highest BCUT2D eigenvalue weighted by molar-refractivity contribution is 9.10. The Bertz CT molecular complexity index is 477. The smallest absolute Gasteiger partial charge is 0.335 e. The fourth-order valence-corrected chi connectivity index (χ4v) is 2.32. The van der Waals surface area contributed by atoms with Crippen molar-refractivity contribution in [2.45, 2.75) is 13.3 Å². The fraction of sp³-hybridized carbons (Fsp3) is 0.250.